The van der Waals surface area contributed by atoms with Gasteiger partial charge in [-0.3, -0.25) is 10.2 Å². The number of nitrogens with zero attached hydrogens (tertiary/aromatic N) is 1. The zero-order chi connectivity index (χ0) is 19.6. The average Bonchev–Trinajstić information content (AvgIpc) is 2.94. The van der Waals surface area contributed by atoms with Crippen LogP contribution < -0.4 is 5.43 Å². The molecule has 0 amide bonds. The number of ether oxygens (including phenoxy) is 1. The van der Waals surface area contributed by atoms with Gasteiger partial charge in [-0.15, -0.1) is 11.3 Å². The molecule has 1 N–H and O–H groups in total. The van der Waals surface area contributed by atoms with Crippen molar-refractivity contribution in [2.24, 2.45) is 10.5 Å². The Morgan fingerprint density at radius 3 is 2.81 bits per heavy atom. The highest BCUT2D eigenvalue weighted by Gasteiger charge is 2.37. The van der Waals surface area contributed by atoms with Crippen molar-refractivity contribution in [1.82, 2.24) is 0 Å². The molecule has 0 bridgehead atoms. The lowest BCUT2D eigenvalue weighted by molar-refractivity contribution is 0.0530. The highest BCUT2D eigenvalue weighted by molar-refractivity contribution is 7.18. The highest BCUT2D eigenvalue weighted by Crippen LogP contribution is 2.44. The summed E-state index contributed by atoms with van der Waals surface area (Å²) in [5.41, 5.74) is 4.81. The maximum Gasteiger partial charge on any atom is 0.348 e. The Kier molecular flexibility index (Phi) is 5.67. The number of halogens is 1. The molecule has 0 aliphatic heterocycles. The molecule has 1 aliphatic rings. The largest absolute Gasteiger partial charge is 0.462 e. The van der Waals surface area contributed by atoms with E-state index in [-0.39, 0.29) is 17.8 Å². The molecule has 3 rings (SSSR count). The Morgan fingerprint density at radius 2 is 2.11 bits per heavy atom. The van der Waals surface area contributed by atoms with Crippen molar-refractivity contribution in [2.45, 2.75) is 33.6 Å². The third-order valence-corrected chi connectivity index (χ3v) is 5.78. The van der Waals surface area contributed by atoms with Crippen molar-refractivity contribution in [3.63, 3.8) is 0 Å². The Hall–Kier alpha value is -2.18. The first kappa shape index (κ1) is 19.6. The van der Waals surface area contributed by atoms with Gasteiger partial charge < -0.3 is 4.74 Å². The molecule has 5 nitrogen and oxygen atoms in total. The molecule has 142 valence electrons. The van der Waals surface area contributed by atoms with Gasteiger partial charge >= 0.3 is 5.97 Å². The van der Waals surface area contributed by atoms with E-state index in [0.717, 1.165) is 11.1 Å². The lowest BCUT2D eigenvalue weighted by Gasteiger charge is -2.29. The molecule has 0 saturated carbocycles. The third-order valence-electron chi connectivity index (χ3n) is 4.32. The molecule has 0 unspecified atom stereocenters. The smallest absolute Gasteiger partial charge is 0.348 e. The molecular formula is C20H21ClN2O3S. The predicted molar refractivity (Wildman–Crippen MR) is 109 cm³/mol. The number of carbonyl (C=O) groups excluding carboxylic acids is 2. The number of Topliss-reactive ketones (excluding diaryl/α,β-unsaturated/α-hetero) is 1. The van der Waals surface area contributed by atoms with E-state index in [4.69, 9.17) is 16.3 Å². The van der Waals surface area contributed by atoms with E-state index in [2.05, 4.69) is 10.5 Å². The van der Waals surface area contributed by atoms with E-state index in [9.17, 15) is 9.59 Å². The molecule has 7 heteroatoms. The van der Waals surface area contributed by atoms with Crippen molar-refractivity contribution in [1.29, 1.82) is 0 Å². The van der Waals surface area contributed by atoms with Crippen LogP contribution >= 0.6 is 22.9 Å². The molecular weight excluding hydrogens is 384 g/mol. The van der Waals surface area contributed by atoms with Crippen LogP contribution in [0.15, 0.2) is 29.4 Å². The second kappa shape index (κ2) is 7.82. The van der Waals surface area contributed by atoms with Crippen LogP contribution in [0.1, 0.15) is 58.3 Å². The zero-order valence-electron chi connectivity index (χ0n) is 15.5. The lowest BCUT2D eigenvalue weighted by atomic mass is 9.74. The molecule has 1 aromatic heterocycles. The Labute approximate surface area is 167 Å². The van der Waals surface area contributed by atoms with Gasteiger partial charge in [0, 0.05) is 17.0 Å². The van der Waals surface area contributed by atoms with Crippen molar-refractivity contribution < 1.29 is 14.3 Å². The second-order valence-electron chi connectivity index (χ2n) is 7.17. The molecule has 1 aliphatic carbocycles. The average molecular weight is 405 g/mol. The van der Waals surface area contributed by atoms with Gasteiger partial charge in [-0.2, -0.15) is 5.10 Å². The van der Waals surface area contributed by atoms with Crippen LogP contribution in [0.25, 0.3) is 0 Å². The number of ketones is 1. The van der Waals surface area contributed by atoms with Gasteiger partial charge in [0.15, 0.2) is 5.78 Å². The molecule has 1 heterocycles. The number of hydrazone groups is 1. The summed E-state index contributed by atoms with van der Waals surface area (Å²) in [7, 11) is 0. The molecule has 0 radical (unpaired) electrons. The molecule has 2 aromatic rings. The van der Waals surface area contributed by atoms with Gasteiger partial charge in [-0.05, 0) is 30.4 Å². The van der Waals surface area contributed by atoms with Crippen LogP contribution in [0.5, 0.6) is 0 Å². The quantitative estimate of drug-likeness (QED) is 0.423. The first-order valence-electron chi connectivity index (χ1n) is 8.72. The van der Waals surface area contributed by atoms with Gasteiger partial charge in [-0.1, -0.05) is 43.6 Å². The number of esters is 1. The van der Waals surface area contributed by atoms with Gasteiger partial charge in [0.1, 0.15) is 9.88 Å². The minimum absolute atomic E-state index is 0.0171. The van der Waals surface area contributed by atoms with Gasteiger partial charge in [0.25, 0.3) is 0 Å². The number of carbonyl (C=O) groups is 2. The van der Waals surface area contributed by atoms with Crippen LogP contribution in [0, 0.1) is 5.41 Å². The number of thiophene rings is 1. The first-order valence-corrected chi connectivity index (χ1v) is 9.91. The summed E-state index contributed by atoms with van der Waals surface area (Å²) in [5, 5.41) is 5.37. The van der Waals surface area contributed by atoms with Crippen LogP contribution in [0.4, 0.5) is 5.00 Å². The SMILES string of the molecule is CCOC(=O)c1sc(N/N=C\c2ccccc2Cl)c2c1CC(C)(C)CC2=O. The van der Waals surface area contributed by atoms with Crippen LogP contribution in [0.2, 0.25) is 5.02 Å². The monoisotopic (exact) mass is 404 g/mol. The fraction of sp³-hybridized carbons (Fsp3) is 0.350. The summed E-state index contributed by atoms with van der Waals surface area (Å²) in [6.45, 7) is 6.11. The van der Waals surface area contributed by atoms with E-state index >= 15 is 0 Å². The summed E-state index contributed by atoms with van der Waals surface area (Å²) in [5.74, 6) is -0.379. The number of fused-ring (bicyclic) bond motifs is 1. The topological polar surface area (TPSA) is 67.8 Å². The van der Waals surface area contributed by atoms with E-state index in [1.54, 1.807) is 19.2 Å². The minimum Gasteiger partial charge on any atom is -0.462 e. The van der Waals surface area contributed by atoms with Gasteiger partial charge in [-0.25, -0.2) is 4.79 Å². The molecule has 27 heavy (non-hydrogen) atoms. The van der Waals surface area contributed by atoms with E-state index in [1.165, 1.54) is 11.3 Å². The molecule has 0 spiro atoms. The Balaban J connectivity index is 1.95. The normalized spacial score (nSPS) is 15.6. The molecule has 0 atom stereocenters. The van der Waals surface area contributed by atoms with Crippen LogP contribution in [0.3, 0.4) is 0 Å². The van der Waals surface area contributed by atoms with E-state index < -0.39 is 5.97 Å². The minimum atomic E-state index is -0.396. The summed E-state index contributed by atoms with van der Waals surface area (Å²) in [4.78, 5) is 25.6. The summed E-state index contributed by atoms with van der Waals surface area (Å²) in [6, 6.07) is 7.33. The maximum atomic E-state index is 12.7. The van der Waals surface area contributed by atoms with Crippen LogP contribution in [-0.4, -0.2) is 24.6 Å². The Morgan fingerprint density at radius 1 is 1.37 bits per heavy atom. The third kappa shape index (κ3) is 4.22. The Bertz CT molecular complexity index is 918. The lowest BCUT2D eigenvalue weighted by Crippen LogP contribution is -2.27. The van der Waals surface area contributed by atoms with Crippen molar-refractivity contribution >= 4 is 45.9 Å². The fourth-order valence-corrected chi connectivity index (χ4v) is 4.44. The second-order valence-corrected chi connectivity index (χ2v) is 8.59. The number of benzene rings is 1. The summed E-state index contributed by atoms with van der Waals surface area (Å²) >= 11 is 7.34. The van der Waals surface area contributed by atoms with Gasteiger partial charge in [0.05, 0.1) is 18.4 Å². The summed E-state index contributed by atoms with van der Waals surface area (Å²) < 4.78 is 5.18. The van der Waals surface area contributed by atoms with E-state index in [0.29, 0.717) is 33.3 Å². The number of nitrogens with one attached hydrogen (secondary N) is 1. The zero-order valence-corrected chi connectivity index (χ0v) is 17.0. The first-order chi connectivity index (χ1) is 12.8. The van der Waals surface area contributed by atoms with Gasteiger partial charge in [0.2, 0.25) is 0 Å². The van der Waals surface area contributed by atoms with Crippen LogP contribution in [-0.2, 0) is 11.2 Å². The molecule has 1 aromatic carbocycles. The predicted octanol–water partition coefficient (Wildman–Crippen LogP) is 5.18. The fourth-order valence-electron chi connectivity index (χ4n) is 3.17. The molecule has 0 fully saturated rings. The maximum absolute atomic E-state index is 12.7. The molecule has 0 saturated heterocycles. The van der Waals surface area contributed by atoms with Crippen molar-refractivity contribution in [3.05, 3.63) is 50.9 Å². The summed E-state index contributed by atoms with van der Waals surface area (Å²) in [6.07, 6.45) is 2.67. The number of hydrogen-bond acceptors (Lipinski definition) is 6. The standard InChI is InChI=1S/C20H21ClN2O3S/c1-4-26-19(25)17-13-9-20(2,3)10-15(24)16(13)18(27-17)23-22-11-12-7-5-6-8-14(12)21/h5-8,11,23H,4,9-10H2,1-3H3/b22-11-. The number of rotatable bonds is 5. The highest BCUT2D eigenvalue weighted by atomic mass is 35.5. The van der Waals surface area contributed by atoms with E-state index in [1.807, 2.05) is 32.0 Å². The van der Waals surface area contributed by atoms with Crippen molar-refractivity contribution in [2.75, 3.05) is 12.0 Å². The number of anilines is 1. The number of hydrogen-bond donors (Lipinski definition) is 1. The van der Waals surface area contributed by atoms with Crippen molar-refractivity contribution in [3.8, 4) is 0 Å².